The van der Waals surface area contributed by atoms with Crippen molar-refractivity contribution in [2.75, 3.05) is 12.9 Å². The van der Waals surface area contributed by atoms with Crippen molar-refractivity contribution < 1.29 is 9.13 Å². The second-order valence-corrected chi connectivity index (χ2v) is 6.38. The fourth-order valence-corrected chi connectivity index (χ4v) is 3.51. The normalized spacial score (nSPS) is 12.2. The fraction of sp³-hybridized carbons (Fsp3) is 0.200. The van der Waals surface area contributed by atoms with Gasteiger partial charge in [0.15, 0.2) is 0 Å². The SMILES string of the molecule is COc1ccc(F)cc1C(CSc1cccc(Br)c1)NN. The Labute approximate surface area is 136 Å². The molecule has 3 N–H and O–H groups in total. The van der Waals surface area contributed by atoms with E-state index in [1.54, 1.807) is 24.9 Å². The van der Waals surface area contributed by atoms with Gasteiger partial charge in [0.1, 0.15) is 11.6 Å². The molecule has 3 nitrogen and oxygen atoms in total. The molecule has 0 aliphatic rings. The number of halogens is 2. The van der Waals surface area contributed by atoms with Crippen LogP contribution < -0.4 is 16.0 Å². The van der Waals surface area contributed by atoms with Crippen LogP contribution in [0.4, 0.5) is 4.39 Å². The number of ether oxygens (including phenoxy) is 1. The summed E-state index contributed by atoms with van der Waals surface area (Å²) >= 11 is 5.08. The highest BCUT2D eigenvalue weighted by Gasteiger charge is 2.16. The van der Waals surface area contributed by atoms with Gasteiger partial charge >= 0.3 is 0 Å². The summed E-state index contributed by atoms with van der Waals surface area (Å²) in [5.74, 6) is 6.59. The molecule has 2 aromatic rings. The Kier molecular flexibility index (Phi) is 6.05. The number of hydrogen-bond acceptors (Lipinski definition) is 4. The molecule has 0 aliphatic heterocycles. The van der Waals surface area contributed by atoms with Crippen LogP contribution in [0.25, 0.3) is 0 Å². The van der Waals surface area contributed by atoms with E-state index in [0.717, 1.165) is 9.37 Å². The van der Waals surface area contributed by atoms with Crippen LogP contribution in [0.15, 0.2) is 51.8 Å². The highest BCUT2D eigenvalue weighted by molar-refractivity contribution is 9.10. The van der Waals surface area contributed by atoms with E-state index in [-0.39, 0.29) is 11.9 Å². The molecule has 0 aliphatic carbocycles. The van der Waals surface area contributed by atoms with Gasteiger partial charge in [0.2, 0.25) is 0 Å². The molecule has 0 radical (unpaired) electrons. The second kappa shape index (κ2) is 7.79. The van der Waals surface area contributed by atoms with Gasteiger partial charge in [-0.15, -0.1) is 11.8 Å². The van der Waals surface area contributed by atoms with E-state index >= 15 is 0 Å². The number of methoxy groups -OCH3 is 1. The van der Waals surface area contributed by atoms with E-state index in [0.29, 0.717) is 17.1 Å². The molecule has 1 atom stereocenters. The maximum absolute atomic E-state index is 13.5. The van der Waals surface area contributed by atoms with Gasteiger partial charge in [-0.05, 0) is 36.4 Å². The van der Waals surface area contributed by atoms with Crippen LogP contribution in [0.5, 0.6) is 5.75 Å². The molecule has 0 fully saturated rings. The van der Waals surface area contributed by atoms with E-state index in [2.05, 4.69) is 21.4 Å². The first kappa shape index (κ1) is 16.3. The van der Waals surface area contributed by atoms with Crippen molar-refractivity contribution in [3.8, 4) is 5.75 Å². The number of benzene rings is 2. The lowest BCUT2D eigenvalue weighted by molar-refractivity contribution is 0.401. The van der Waals surface area contributed by atoms with E-state index in [1.807, 2.05) is 24.3 Å². The summed E-state index contributed by atoms with van der Waals surface area (Å²) in [7, 11) is 1.56. The number of thioether (sulfide) groups is 1. The quantitative estimate of drug-likeness (QED) is 0.460. The second-order valence-electron chi connectivity index (χ2n) is 4.37. The van der Waals surface area contributed by atoms with Gasteiger partial charge in [0, 0.05) is 20.7 Å². The molecular weight excluding hydrogens is 355 g/mol. The lowest BCUT2D eigenvalue weighted by Gasteiger charge is -2.19. The van der Waals surface area contributed by atoms with Crippen molar-refractivity contribution in [3.63, 3.8) is 0 Å². The summed E-state index contributed by atoms with van der Waals surface area (Å²) in [5.41, 5.74) is 3.44. The van der Waals surface area contributed by atoms with Crippen LogP contribution in [-0.2, 0) is 0 Å². The summed E-state index contributed by atoms with van der Waals surface area (Å²) in [6, 6.07) is 12.2. The molecule has 6 heteroatoms. The molecule has 0 saturated heterocycles. The standard InChI is InChI=1S/C15H16BrFN2OS/c1-20-15-6-5-11(17)8-13(15)14(19-18)9-21-12-4-2-3-10(16)7-12/h2-8,14,19H,9,18H2,1H3. The third-order valence-electron chi connectivity index (χ3n) is 2.98. The van der Waals surface area contributed by atoms with Crippen molar-refractivity contribution in [1.82, 2.24) is 5.43 Å². The molecule has 2 aromatic carbocycles. The Bertz CT molecular complexity index is 612. The van der Waals surface area contributed by atoms with E-state index in [4.69, 9.17) is 10.6 Å². The molecule has 0 aromatic heterocycles. The molecule has 0 amide bonds. The van der Waals surface area contributed by atoms with E-state index in [9.17, 15) is 4.39 Å². The molecule has 1 unspecified atom stereocenters. The van der Waals surface area contributed by atoms with Gasteiger partial charge in [0.05, 0.1) is 13.2 Å². The van der Waals surface area contributed by atoms with Crippen LogP contribution in [0, 0.1) is 5.82 Å². The topological polar surface area (TPSA) is 47.3 Å². The Balaban J connectivity index is 2.15. The van der Waals surface area contributed by atoms with Gasteiger partial charge < -0.3 is 4.74 Å². The number of hydrazine groups is 1. The van der Waals surface area contributed by atoms with Gasteiger partial charge in [-0.25, -0.2) is 4.39 Å². The summed E-state index contributed by atoms with van der Waals surface area (Å²) in [4.78, 5) is 1.11. The van der Waals surface area contributed by atoms with Crippen molar-refractivity contribution >= 4 is 27.7 Å². The van der Waals surface area contributed by atoms with E-state index < -0.39 is 0 Å². The van der Waals surface area contributed by atoms with Gasteiger partial charge in [-0.2, -0.15) is 0 Å². The average molecular weight is 371 g/mol. The Hall–Kier alpha value is -1.08. The van der Waals surface area contributed by atoms with Gasteiger partial charge in [0.25, 0.3) is 0 Å². The van der Waals surface area contributed by atoms with Crippen LogP contribution in [0.3, 0.4) is 0 Å². The minimum Gasteiger partial charge on any atom is -0.496 e. The Morgan fingerprint density at radius 3 is 2.81 bits per heavy atom. The zero-order valence-electron chi connectivity index (χ0n) is 11.5. The van der Waals surface area contributed by atoms with E-state index in [1.165, 1.54) is 12.1 Å². The van der Waals surface area contributed by atoms with Crippen LogP contribution in [0.1, 0.15) is 11.6 Å². The molecule has 0 heterocycles. The highest BCUT2D eigenvalue weighted by Crippen LogP contribution is 2.31. The molecule has 112 valence electrons. The minimum absolute atomic E-state index is 0.209. The first-order chi connectivity index (χ1) is 10.1. The third kappa shape index (κ3) is 4.44. The fourth-order valence-electron chi connectivity index (χ4n) is 1.94. The Morgan fingerprint density at radius 1 is 1.33 bits per heavy atom. The molecule has 21 heavy (non-hydrogen) atoms. The van der Waals surface area contributed by atoms with Crippen molar-refractivity contribution in [1.29, 1.82) is 0 Å². The van der Waals surface area contributed by atoms with Crippen LogP contribution in [-0.4, -0.2) is 12.9 Å². The van der Waals surface area contributed by atoms with Gasteiger partial charge in [-0.1, -0.05) is 22.0 Å². The predicted molar refractivity (Wildman–Crippen MR) is 87.9 cm³/mol. The third-order valence-corrected chi connectivity index (χ3v) is 4.56. The number of nitrogens with one attached hydrogen (secondary N) is 1. The lowest BCUT2D eigenvalue weighted by Crippen LogP contribution is -2.30. The van der Waals surface area contributed by atoms with Crippen LogP contribution in [0.2, 0.25) is 0 Å². The molecule has 2 rings (SSSR count). The number of hydrogen-bond donors (Lipinski definition) is 2. The first-order valence-electron chi connectivity index (χ1n) is 6.32. The van der Waals surface area contributed by atoms with Crippen molar-refractivity contribution in [2.24, 2.45) is 5.84 Å². The predicted octanol–water partition coefficient (Wildman–Crippen LogP) is 3.89. The Morgan fingerprint density at radius 2 is 2.14 bits per heavy atom. The highest BCUT2D eigenvalue weighted by atomic mass is 79.9. The summed E-state index contributed by atoms with van der Waals surface area (Å²) in [6.45, 7) is 0. The maximum atomic E-state index is 13.5. The summed E-state index contributed by atoms with van der Waals surface area (Å²) in [6.07, 6.45) is 0. The van der Waals surface area contributed by atoms with Gasteiger partial charge in [-0.3, -0.25) is 11.3 Å². The first-order valence-corrected chi connectivity index (χ1v) is 8.10. The largest absolute Gasteiger partial charge is 0.496 e. The summed E-state index contributed by atoms with van der Waals surface area (Å²) in [5, 5.41) is 0. The monoisotopic (exact) mass is 370 g/mol. The van der Waals surface area contributed by atoms with Crippen molar-refractivity contribution in [3.05, 3.63) is 58.3 Å². The lowest BCUT2D eigenvalue weighted by atomic mass is 10.1. The zero-order chi connectivity index (χ0) is 15.2. The molecule has 0 bridgehead atoms. The molecular formula is C15H16BrFN2OS. The maximum Gasteiger partial charge on any atom is 0.123 e. The molecule has 0 spiro atoms. The van der Waals surface area contributed by atoms with Crippen molar-refractivity contribution in [2.45, 2.75) is 10.9 Å². The van der Waals surface area contributed by atoms with Crippen LogP contribution >= 0.6 is 27.7 Å². The number of nitrogens with two attached hydrogens (primary N) is 1. The minimum atomic E-state index is -0.307. The summed E-state index contributed by atoms with van der Waals surface area (Å²) < 4.78 is 19.8. The average Bonchev–Trinajstić information content (AvgIpc) is 2.48. The molecule has 0 saturated carbocycles. The zero-order valence-corrected chi connectivity index (χ0v) is 13.9. The number of rotatable bonds is 6. The smallest absolute Gasteiger partial charge is 0.123 e.